The summed E-state index contributed by atoms with van der Waals surface area (Å²) in [7, 11) is 0. The van der Waals surface area contributed by atoms with Gasteiger partial charge in [0.15, 0.2) is 0 Å². The Kier molecular flexibility index (Phi) is 6.99. The zero-order valence-corrected chi connectivity index (χ0v) is 14.1. The maximum atomic E-state index is 9.51. The first-order valence-electron chi connectivity index (χ1n) is 8.36. The molecule has 0 spiro atoms. The van der Waals surface area contributed by atoms with Crippen LogP contribution in [-0.4, -0.2) is 35.1 Å². The Hall–Kier alpha value is -0.590. The van der Waals surface area contributed by atoms with Gasteiger partial charge in [0, 0.05) is 18.1 Å². The van der Waals surface area contributed by atoms with Gasteiger partial charge in [-0.25, -0.2) is 0 Å². The normalized spacial score (nSPS) is 19.9. The van der Waals surface area contributed by atoms with E-state index in [1.165, 1.54) is 32.1 Å². The van der Waals surface area contributed by atoms with Gasteiger partial charge in [-0.05, 0) is 59.9 Å². The minimum Gasteiger partial charge on any atom is -0.298 e. The highest BCUT2D eigenvalue weighted by Crippen LogP contribution is 2.26. The third-order valence-electron chi connectivity index (χ3n) is 4.30. The Bertz CT molecular complexity index is 317. The Labute approximate surface area is 125 Å². The first-order chi connectivity index (χ1) is 9.41. The van der Waals surface area contributed by atoms with Crippen LogP contribution in [0.5, 0.6) is 0 Å². The second-order valence-electron chi connectivity index (χ2n) is 6.95. The third-order valence-corrected chi connectivity index (χ3v) is 4.30. The first-order valence-corrected chi connectivity index (χ1v) is 8.36. The number of unbranched alkanes of at least 4 members (excludes halogenated alkanes) is 2. The lowest BCUT2D eigenvalue weighted by Gasteiger charge is -2.37. The number of nitriles is 1. The van der Waals surface area contributed by atoms with Crippen LogP contribution in [0.4, 0.5) is 0 Å². The molecule has 1 fully saturated rings. The van der Waals surface area contributed by atoms with Gasteiger partial charge in [0.1, 0.15) is 5.54 Å². The van der Waals surface area contributed by atoms with Crippen LogP contribution in [0.1, 0.15) is 73.1 Å². The fourth-order valence-corrected chi connectivity index (χ4v) is 3.06. The van der Waals surface area contributed by atoms with E-state index in [0.29, 0.717) is 18.1 Å². The average Bonchev–Trinajstić information content (AvgIpc) is 3.17. The summed E-state index contributed by atoms with van der Waals surface area (Å²) in [4.78, 5) is 2.56. The van der Waals surface area contributed by atoms with E-state index in [1.807, 2.05) is 0 Å². The van der Waals surface area contributed by atoms with Crippen molar-refractivity contribution in [1.29, 1.82) is 5.26 Å². The predicted molar refractivity (Wildman–Crippen MR) is 85.6 cm³/mol. The molecule has 20 heavy (non-hydrogen) atoms. The SMILES string of the molecule is CCCCCN(C(C)C)C(C)CC(C)(C#N)NC1CC1. The van der Waals surface area contributed by atoms with Gasteiger partial charge in [-0.2, -0.15) is 5.26 Å². The summed E-state index contributed by atoms with van der Waals surface area (Å²) in [5, 5.41) is 13.0. The highest BCUT2D eigenvalue weighted by Gasteiger charge is 2.35. The molecule has 2 unspecified atom stereocenters. The Balaban J connectivity index is 2.54. The van der Waals surface area contributed by atoms with Crippen molar-refractivity contribution in [2.45, 2.75) is 96.8 Å². The molecule has 1 N–H and O–H groups in total. The summed E-state index contributed by atoms with van der Waals surface area (Å²) in [6, 6.07) is 4.08. The zero-order chi connectivity index (χ0) is 15.2. The van der Waals surface area contributed by atoms with Gasteiger partial charge >= 0.3 is 0 Å². The summed E-state index contributed by atoms with van der Waals surface area (Å²) >= 11 is 0. The second-order valence-corrected chi connectivity index (χ2v) is 6.95. The molecule has 0 amide bonds. The average molecular weight is 279 g/mol. The molecule has 1 saturated carbocycles. The molecule has 3 nitrogen and oxygen atoms in total. The fraction of sp³-hybridized carbons (Fsp3) is 0.941. The summed E-state index contributed by atoms with van der Waals surface area (Å²) in [5.41, 5.74) is -0.377. The van der Waals surface area contributed by atoms with Crippen molar-refractivity contribution >= 4 is 0 Å². The lowest BCUT2D eigenvalue weighted by Crippen LogP contribution is -2.49. The van der Waals surface area contributed by atoms with Crippen molar-refractivity contribution in [2.75, 3.05) is 6.54 Å². The fourth-order valence-electron chi connectivity index (χ4n) is 3.06. The topological polar surface area (TPSA) is 39.1 Å². The van der Waals surface area contributed by atoms with Crippen LogP contribution < -0.4 is 5.32 Å². The van der Waals surface area contributed by atoms with Gasteiger partial charge in [0.25, 0.3) is 0 Å². The van der Waals surface area contributed by atoms with Crippen LogP contribution in [0.15, 0.2) is 0 Å². The van der Waals surface area contributed by atoms with Crippen LogP contribution in [-0.2, 0) is 0 Å². The number of hydrogen-bond acceptors (Lipinski definition) is 3. The Morgan fingerprint density at radius 2 is 1.95 bits per heavy atom. The minimum absolute atomic E-state index is 0.377. The third kappa shape index (κ3) is 5.81. The zero-order valence-electron chi connectivity index (χ0n) is 14.1. The van der Waals surface area contributed by atoms with Gasteiger partial charge in [-0.1, -0.05) is 19.8 Å². The van der Waals surface area contributed by atoms with Gasteiger partial charge in [0.2, 0.25) is 0 Å². The van der Waals surface area contributed by atoms with Crippen LogP contribution in [0, 0.1) is 11.3 Å². The second kappa shape index (κ2) is 8.00. The van der Waals surface area contributed by atoms with E-state index in [9.17, 15) is 5.26 Å². The number of rotatable bonds is 10. The lowest BCUT2D eigenvalue weighted by molar-refractivity contribution is 0.136. The summed E-state index contributed by atoms with van der Waals surface area (Å²) in [6.07, 6.45) is 7.19. The van der Waals surface area contributed by atoms with Crippen molar-refractivity contribution in [3.05, 3.63) is 0 Å². The van der Waals surface area contributed by atoms with Gasteiger partial charge in [-0.15, -0.1) is 0 Å². The van der Waals surface area contributed by atoms with E-state index in [1.54, 1.807) is 0 Å². The van der Waals surface area contributed by atoms with Crippen LogP contribution in [0.25, 0.3) is 0 Å². The maximum Gasteiger partial charge on any atom is 0.105 e. The Morgan fingerprint density at radius 1 is 1.30 bits per heavy atom. The van der Waals surface area contributed by atoms with Crippen molar-refractivity contribution in [3.63, 3.8) is 0 Å². The lowest BCUT2D eigenvalue weighted by atomic mass is 9.93. The molecule has 3 heteroatoms. The minimum atomic E-state index is -0.377. The maximum absolute atomic E-state index is 9.51. The van der Waals surface area contributed by atoms with Gasteiger partial charge in [0.05, 0.1) is 6.07 Å². The highest BCUT2D eigenvalue weighted by atomic mass is 15.2. The largest absolute Gasteiger partial charge is 0.298 e. The molecule has 1 rings (SSSR count). The first kappa shape index (κ1) is 17.5. The van der Waals surface area contributed by atoms with Crippen LogP contribution >= 0.6 is 0 Å². The molecule has 0 bridgehead atoms. The Morgan fingerprint density at radius 3 is 2.40 bits per heavy atom. The van der Waals surface area contributed by atoms with E-state index in [4.69, 9.17) is 0 Å². The molecule has 2 atom stereocenters. The molecular weight excluding hydrogens is 246 g/mol. The standard InChI is InChI=1S/C17H33N3/c1-6-7-8-11-20(14(2)3)15(4)12-17(5,13-18)19-16-9-10-16/h14-16,19H,6-12H2,1-5H3. The molecule has 0 saturated heterocycles. The van der Waals surface area contributed by atoms with E-state index < -0.39 is 0 Å². The van der Waals surface area contributed by atoms with E-state index >= 15 is 0 Å². The molecule has 0 aliphatic heterocycles. The molecule has 1 aliphatic rings. The molecule has 0 aromatic heterocycles. The summed E-state index contributed by atoms with van der Waals surface area (Å²) < 4.78 is 0. The van der Waals surface area contributed by atoms with Gasteiger partial charge < -0.3 is 0 Å². The van der Waals surface area contributed by atoms with Crippen LogP contribution in [0.2, 0.25) is 0 Å². The van der Waals surface area contributed by atoms with Crippen molar-refractivity contribution in [2.24, 2.45) is 0 Å². The molecule has 0 heterocycles. The molecular formula is C17H33N3. The van der Waals surface area contributed by atoms with Crippen LogP contribution in [0.3, 0.4) is 0 Å². The van der Waals surface area contributed by atoms with E-state index in [2.05, 4.69) is 50.9 Å². The molecule has 0 aromatic carbocycles. The number of hydrogen-bond donors (Lipinski definition) is 1. The summed E-state index contributed by atoms with van der Waals surface area (Å²) in [5.74, 6) is 0. The number of nitrogens with one attached hydrogen (secondary N) is 1. The monoisotopic (exact) mass is 279 g/mol. The predicted octanol–water partition coefficient (Wildman–Crippen LogP) is 3.70. The molecule has 1 aliphatic carbocycles. The molecule has 116 valence electrons. The van der Waals surface area contributed by atoms with E-state index in [0.717, 1.165) is 13.0 Å². The van der Waals surface area contributed by atoms with Crippen molar-refractivity contribution in [1.82, 2.24) is 10.2 Å². The van der Waals surface area contributed by atoms with Crippen molar-refractivity contribution < 1.29 is 0 Å². The highest BCUT2D eigenvalue weighted by molar-refractivity contribution is 5.08. The van der Waals surface area contributed by atoms with Crippen molar-refractivity contribution in [3.8, 4) is 6.07 Å². The number of nitrogens with zero attached hydrogens (tertiary/aromatic N) is 2. The van der Waals surface area contributed by atoms with Gasteiger partial charge in [-0.3, -0.25) is 10.2 Å². The molecule has 0 radical (unpaired) electrons. The quantitative estimate of drug-likeness (QED) is 0.620. The summed E-state index contributed by atoms with van der Waals surface area (Å²) in [6.45, 7) is 12.3. The van der Waals surface area contributed by atoms with E-state index in [-0.39, 0.29) is 5.54 Å². The smallest absolute Gasteiger partial charge is 0.105 e. The molecule has 0 aromatic rings.